The average Bonchev–Trinajstić information content (AvgIpc) is 3.13. The Hall–Kier alpha value is -1.59. The van der Waals surface area contributed by atoms with Crippen molar-refractivity contribution in [1.82, 2.24) is 0 Å². The van der Waals surface area contributed by atoms with Crippen LogP contribution in [0.25, 0.3) is 0 Å². The molecule has 0 aromatic rings. The van der Waals surface area contributed by atoms with Gasteiger partial charge in [0.2, 0.25) is 0 Å². The fourth-order valence-electron chi connectivity index (χ4n) is 6.59. The number of ether oxygens (including phenoxy) is 3. The van der Waals surface area contributed by atoms with Crippen LogP contribution in [0.3, 0.4) is 0 Å². The van der Waals surface area contributed by atoms with Gasteiger partial charge in [0, 0.05) is 19.3 Å². The molecule has 0 aliphatic carbocycles. The summed E-state index contributed by atoms with van der Waals surface area (Å²) in [4.78, 5) is 37.5. The van der Waals surface area contributed by atoms with Crippen LogP contribution in [0.1, 0.15) is 246 Å². The molecule has 0 saturated heterocycles. The van der Waals surface area contributed by atoms with Crippen molar-refractivity contribution < 1.29 is 28.6 Å². The molecule has 6 nitrogen and oxygen atoms in total. The van der Waals surface area contributed by atoms with Crippen LogP contribution in [-0.2, 0) is 28.6 Å². The number of unbranched alkanes of at least 4 members (excludes halogenated alkanes) is 26. The molecule has 51 heavy (non-hydrogen) atoms. The predicted octanol–water partition coefficient (Wildman–Crippen LogP) is 13.9. The highest BCUT2D eigenvalue weighted by molar-refractivity contribution is 5.71. The molecule has 0 aromatic carbocycles. The molecule has 0 aliphatic rings. The molecular formula is C45H86O6. The number of hydrogen-bond donors (Lipinski definition) is 0. The maximum atomic E-state index is 12.7. The molecule has 0 N–H and O–H groups in total. The lowest BCUT2D eigenvalue weighted by molar-refractivity contribution is -0.167. The van der Waals surface area contributed by atoms with Crippen molar-refractivity contribution in [3.63, 3.8) is 0 Å². The second-order valence-electron chi connectivity index (χ2n) is 15.6. The molecule has 302 valence electrons. The van der Waals surface area contributed by atoms with Gasteiger partial charge in [0.25, 0.3) is 0 Å². The Bertz CT molecular complexity index is 768. The summed E-state index contributed by atoms with van der Waals surface area (Å²) >= 11 is 0. The number of rotatable bonds is 40. The first kappa shape index (κ1) is 49.4. The van der Waals surface area contributed by atoms with Gasteiger partial charge in [-0.3, -0.25) is 14.4 Å². The first-order valence-corrected chi connectivity index (χ1v) is 22.4. The summed E-state index contributed by atoms with van der Waals surface area (Å²) in [7, 11) is 0. The molecule has 0 heterocycles. The Labute approximate surface area is 317 Å². The molecule has 6 heteroatoms. The molecule has 0 spiro atoms. The van der Waals surface area contributed by atoms with E-state index >= 15 is 0 Å². The van der Waals surface area contributed by atoms with Gasteiger partial charge in [0.1, 0.15) is 13.2 Å². The fraction of sp³-hybridized carbons (Fsp3) is 0.933. The van der Waals surface area contributed by atoms with Gasteiger partial charge < -0.3 is 14.2 Å². The van der Waals surface area contributed by atoms with Crippen molar-refractivity contribution in [1.29, 1.82) is 0 Å². The highest BCUT2D eigenvalue weighted by Gasteiger charge is 2.19. The van der Waals surface area contributed by atoms with Gasteiger partial charge in [-0.25, -0.2) is 0 Å². The monoisotopic (exact) mass is 723 g/mol. The van der Waals surface area contributed by atoms with E-state index in [1.165, 1.54) is 141 Å². The Morgan fingerprint density at radius 1 is 0.392 bits per heavy atom. The van der Waals surface area contributed by atoms with Crippen LogP contribution in [0, 0.1) is 5.92 Å². The average molecular weight is 723 g/mol. The van der Waals surface area contributed by atoms with E-state index in [1.807, 2.05) is 0 Å². The van der Waals surface area contributed by atoms with E-state index in [4.69, 9.17) is 14.2 Å². The SMILES string of the molecule is CCCCCCCCCCCCCCC(=O)OC[C@H](COC(=O)CCCCCCCCC)OC(=O)CCCCCCCCCCCCC(C)CC. The molecule has 0 fully saturated rings. The van der Waals surface area contributed by atoms with Crippen LogP contribution in [0.15, 0.2) is 0 Å². The zero-order valence-electron chi connectivity index (χ0n) is 34.6. The minimum absolute atomic E-state index is 0.0643. The zero-order valence-corrected chi connectivity index (χ0v) is 34.6. The molecular weight excluding hydrogens is 636 g/mol. The molecule has 0 radical (unpaired) electrons. The van der Waals surface area contributed by atoms with Gasteiger partial charge in [-0.05, 0) is 25.2 Å². The lowest BCUT2D eigenvalue weighted by atomic mass is 9.99. The molecule has 0 saturated carbocycles. The van der Waals surface area contributed by atoms with Crippen LogP contribution in [-0.4, -0.2) is 37.2 Å². The van der Waals surface area contributed by atoms with Crippen molar-refractivity contribution in [2.75, 3.05) is 13.2 Å². The first-order valence-electron chi connectivity index (χ1n) is 22.4. The van der Waals surface area contributed by atoms with Crippen molar-refractivity contribution in [2.24, 2.45) is 5.92 Å². The summed E-state index contributed by atoms with van der Waals surface area (Å²) < 4.78 is 16.7. The maximum absolute atomic E-state index is 12.7. The van der Waals surface area contributed by atoms with Crippen LogP contribution >= 0.6 is 0 Å². The Balaban J connectivity index is 4.29. The van der Waals surface area contributed by atoms with E-state index in [1.54, 1.807) is 0 Å². The molecule has 0 amide bonds. The zero-order chi connectivity index (χ0) is 37.5. The molecule has 0 rings (SSSR count). The van der Waals surface area contributed by atoms with Crippen LogP contribution in [0.2, 0.25) is 0 Å². The van der Waals surface area contributed by atoms with Gasteiger partial charge >= 0.3 is 17.9 Å². The van der Waals surface area contributed by atoms with Crippen molar-refractivity contribution in [3.8, 4) is 0 Å². The normalized spacial score (nSPS) is 12.5. The van der Waals surface area contributed by atoms with E-state index in [9.17, 15) is 14.4 Å². The number of carbonyl (C=O) groups excluding carboxylic acids is 3. The number of carbonyl (C=O) groups is 3. The minimum atomic E-state index is -0.758. The molecule has 0 bridgehead atoms. The van der Waals surface area contributed by atoms with Gasteiger partial charge in [-0.15, -0.1) is 0 Å². The lowest BCUT2D eigenvalue weighted by Gasteiger charge is -2.18. The van der Waals surface area contributed by atoms with Gasteiger partial charge in [0.05, 0.1) is 0 Å². The van der Waals surface area contributed by atoms with Gasteiger partial charge in [0.15, 0.2) is 6.10 Å². The summed E-state index contributed by atoms with van der Waals surface area (Å²) in [5.41, 5.74) is 0. The molecule has 1 unspecified atom stereocenters. The second-order valence-corrected chi connectivity index (χ2v) is 15.6. The van der Waals surface area contributed by atoms with Crippen molar-refractivity contribution >= 4 is 17.9 Å². The van der Waals surface area contributed by atoms with E-state index in [0.29, 0.717) is 19.3 Å². The third-order valence-electron chi connectivity index (χ3n) is 10.4. The number of esters is 3. The standard InChI is InChI=1S/C45H86O6/c1-5-8-10-12-14-15-16-17-21-25-29-33-37-44(47)50-40-42(39-49-43(46)36-32-28-23-13-11-9-6-2)51-45(48)38-34-30-26-22-19-18-20-24-27-31-35-41(4)7-3/h41-42H,5-40H2,1-4H3/t41?,42-/m0/s1. The summed E-state index contributed by atoms with van der Waals surface area (Å²) in [6, 6.07) is 0. The van der Waals surface area contributed by atoms with E-state index < -0.39 is 6.10 Å². The van der Waals surface area contributed by atoms with E-state index in [-0.39, 0.29) is 31.1 Å². The highest BCUT2D eigenvalue weighted by atomic mass is 16.6. The molecule has 0 aliphatic heterocycles. The summed E-state index contributed by atoms with van der Waals surface area (Å²) in [6.07, 6.45) is 38.0. The fourth-order valence-corrected chi connectivity index (χ4v) is 6.59. The van der Waals surface area contributed by atoms with Crippen molar-refractivity contribution in [2.45, 2.75) is 252 Å². The van der Waals surface area contributed by atoms with E-state index in [0.717, 1.165) is 63.7 Å². The van der Waals surface area contributed by atoms with Gasteiger partial charge in [-0.2, -0.15) is 0 Å². The summed E-state index contributed by atoms with van der Waals surface area (Å²) in [5.74, 6) is 0.00577. The topological polar surface area (TPSA) is 78.9 Å². The van der Waals surface area contributed by atoms with E-state index in [2.05, 4.69) is 27.7 Å². The summed E-state index contributed by atoms with van der Waals surface area (Å²) in [6.45, 7) is 8.97. The molecule has 0 aromatic heterocycles. The predicted molar refractivity (Wildman–Crippen MR) is 215 cm³/mol. The Morgan fingerprint density at radius 3 is 1.02 bits per heavy atom. The van der Waals surface area contributed by atoms with Crippen LogP contribution in [0.5, 0.6) is 0 Å². The van der Waals surface area contributed by atoms with Crippen LogP contribution < -0.4 is 0 Å². The van der Waals surface area contributed by atoms with Gasteiger partial charge in [-0.1, -0.05) is 207 Å². The maximum Gasteiger partial charge on any atom is 0.306 e. The lowest BCUT2D eigenvalue weighted by Crippen LogP contribution is -2.30. The van der Waals surface area contributed by atoms with Crippen molar-refractivity contribution in [3.05, 3.63) is 0 Å². The Kier molecular flexibility index (Phi) is 38.4. The second kappa shape index (κ2) is 39.6. The summed E-state index contributed by atoms with van der Waals surface area (Å²) in [5, 5.41) is 0. The third-order valence-corrected chi connectivity index (χ3v) is 10.4. The molecule has 2 atom stereocenters. The van der Waals surface area contributed by atoms with Crippen LogP contribution in [0.4, 0.5) is 0 Å². The smallest absolute Gasteiger partial charge is 0.306 e. The third kappa shape index (κ3) is 38.0. The quantitative estimate of drug-likeness (QED) is 0.0356. The largest absolute Gasteiger partial charge is 0.462 e. The number of hydrogen-bond acceptors (Lipinski definition) is 6. The minimum Gasteiger partial charge on any atom is -0.462 e. The highest BCUT2D eigenvalue weighted by Crippen LogP contribution is 2.17. The Morgan fingerprint density at radius 2 is 0.686 bits per heavy atom. The first-order chi connectivity index (χ1) is 24.9.